The molecular weight excluding hydrogens is 538 g/mol. The normalized spacial score (nSPS) is 8.48. The SMILES string of the molecule is CC(=O)c1cc(C)cc(Br)c1.CON(C)C(=O)c1cc(C)cc(Br)c1.O=C=O.O=C=O. The lowest BCUT2D eigenvalue weighted by Crippen LogP contribution is -2.25. The zero-order valence-electron chi connectivity index (χ0n) is 17.5. The van der Waals surface area contributed by atoms with Gasteiger partial charge in [0.2, 0.25) is 0 Å². The van der Waals surface area contributed by atoms with Crippen molar-refractivity contribution in [1.82, 2.24) is 5.06 Å². The first-order valence-corrected chi connectivity index (χ1v) is 9.91. The zero-order valence-corrected chi connectivity index (χ0v) is 20.7. The van der Waals surface area contributed by atoms with E-state index in [0.29, 0.717) is 5.56 Å². The summed E-state index contributed by atoms with van der Waals surface area (Å²) in [4.78, 5) is 59.9. The number of rotatable bonds is 3. The first kappa shape index (κ1) is 30.5. The number of hydrogen-bond acceptors (Lipinski definition) is 7. The van der Waals surface area contributed by atoms with E-state index in [-0.39, 0.29) is 24.0 Å². The Morgan fingerprint density at radius 3 is 1.48 bits per heavy atom. The van der Waals surface area contributed by atoms with Gasteiger partial charge in [0.25, 0.3) is 5.91 Å². The summed E-state index contributed by atoms with van der Waals surface area (Å²) in [7, 11) is 3.04. The van der Waals surface area contributed by atoms with Crippen LogP contribution >= 0.6 is 31.9 Å². The predicted molar refractivity (Wildman–Crippen MR) is 117 cm³/mol. The molecule has 0 saturated heterocycles. The molecule has 0 aliphatic heterocycles. The third-order valence-electron chi connectivity index (χ3n) is 3.30. The van der Waals surface area contributed by atoms with Crippen molar-refractivity contribution in [3.63, 3.8) is 0 Å². The van der Waals surface area contributed by atoms with Crippen LogP contribution in [0, 0.1) is 13.8 Å². The Balaban J connectivity index is 0. The maximum absolute atomic E-state index is 11.7. The van der Waals surface area contributed by atoms with Crippen molar-refractivity contribution in [3.8, 4) is 0 Å². The largest absolute Gasteiger partial charge is 0.373 e. The summed E-state index contributed by atoms with van der Waals surface area (Å²) >= 11 is 6.67. The number of halogens is 2. The second kappa shape index (κ2) is 17.0. The minimum atomic E-state index is -0.156. The molecule has 0 spiro atoms. The number of aryl methyl sites for hydroxylation is 2. The Bertz CT molecular complexity index is 896. The van der Waals surface area contributed by atoms with Crippen LogP contribution in [0.15, 0.2) is 45.3 Å². The Kier molecular flexibility index (Phi) is 16.7. The molecule has 0 aliphatic rings. The Hall–Kier alpha value is -2.74. The molecule has 0 bridgehead atoms. The van der Waals surface area contributed by atoms with Crippen molar-refractivity contribution < 1.29 is 33.6 Å². The predicted octanol–water partition coefficient (Wildman–Crippen LogP) is 4.18. The van der Waals surface area contributed by atoms with E-state index in [0.717, 1.165) is 25.6 Å². The third kappa shape index (κ3) is 14.0. The first-order valence-electron chi connectivity index (χ1n) is 8.33. The van der Waals surface area contributed by atoms with Crippen molar-refractivity contribution >= 4 is 55.9 Å². The Morgan fingerprint density at radius 1 is 0.806 bits per heavy atom. The van der Waals surface area contributed by atoms with Crippen molar-refractivity contribution in [1.29, 1.82) is 0 Å². The molecule has 31 heavy (non-hydrogen) atoms. The van der Waals surface area contributed by atoms with Gasteiger partial charge in [0, 0.05) is 27.1 Å². The average molecular weight is 559 g/mol. The van der Waals surface area contributed by atoms with Gasteiger partial charge in [-0.2, -0.15) is 19.2 Å². The average Bonchev–Trinajstić information content (AvgIpc) is 2.67. The number of hydrogen-bond donors (Lipinski definition) is 0. The van der Waals surface area contributed by atoms with Crippen molar-refractivity contribution in [2.45, 2.75) is 20.8 Å². The molecule has 8 nitrogen and oxygen atoms in total. The monoisotopic (exact) mass is 557 g/mol. The van der Waals surface area contributed by atoms with Crippen LogP contribution in [0.1, 0.15) is 38.8 Å². The van der Waals surface area contributed by atoms with Gasteiger partial charge in [-0.05, 0) is 68.3 Å². The summed E-state index contributed by atoms with van der Waals surface area (Å²) in [5, 5.41) is 1.20. The fourth-order valence-corrected chi connectivity index (χ4v) is 3.28. The van der Waals surface area contributed by atoms with Gasteiger partial charge in [-0.3, -0.25) is 14.4 Å². The molecule has 10 heteroatoms. The molecule has 0 aromatic heterocycles. The molecule has 0 radical (unpaired) electrons. The second-order valence-corrected chi connectivity index (χ2v) is 7.57. The third-order valence-corrected chi connectivity index (χ3v) is 4.21. The topological polar surface area (TPSA) is 115 Å². The fraction of sp³-hybridized carbons (Fsp3) is 0.238. The van der Waals surface area contributed by atoms with E-state index in [9.17, 15) is 9.59 Å². The maximum atomic E-state index is 11.7. The van der Waals surface area contributed by atoms with Crippen LogP contribution in [0.4, 0.5) is 0 Å². The highest BCUT2D eigenvalue weighted by molar-refractivity contribution is 9.10. The summed E-state index contributed by atoms with van der Waals surface area (Å²) in [6, 6.07) is 11.2. The molecule has 166 valence electrons. The number of amides is 1. The highest BCUT2D eigenvalue weighted by Gasteiger charge is 2.11. The van der Waals surface area contributed by atoms with E-state index in [4.69, 9.17) is 24.0 Å². The second-order valence-electron chi connectivity index (χ2n) is 5.74. The van der Waals surface area contributed by atoms with E-state index < -0.39 is 0 Å². The summed E-state index contributed by atoms with van der Waals surface area (Å²) in [5.74, 6) is -0.0497. The van der Waals surface area contributed by atoms with Crippen molar-refractivity contribution in [2.75, 3.05) is 14.2 Å². The Morgan fingerprint density at radius 2 is 1.16 bits per heavy atom. The van der Waals surface area contributed by atoms with Crippen LogP contribution < -0.4 is 0 Å². The molecule has 0 saturated carbocycles. The quantitative estimate of drug-likeness (QED) is 0.410. The van der Waals surface area contributed by atoms with Gasteiger partial charge in [0.05, 0.1) is 7.11 Å². The minimum absolute atomic E-state index is 0.106. The van der Waals surface area contributed by atoms with Crippen LogP contribution in [0.3, 0.4) is 0 Å². The number of carbonyl (C=O) groups is 2. The number of nitrogens with zero attached hydrogens (tertiary/aromatic N) is 1. The van der Waals surface area contributed by atoms with Gasteiger partial charge >= 0.3 is 12.3 Å². The van der Waals surface area contributed by atoms with E-state index in [1.165, 1.54) is 12.2 Å². The number of Topliss-reactive ketones (excluding diaryl/α,β-unsaturated/α-hetero) is 1. The molecule has 0 unspecified atom stereocenters. The van der Waals surface area contributed by atoms with E-state index in [1.807, 2.05) is 44.2 Å². The van der Waals surface area contributed by atoms with Gasteiger partial charge < -0.3 is 0 Å². The van der Waals surface area contributed by atoms with Gasteiger partial charge in [-0.15, -0.1) is 0 Å². The number of carbonyl (C=O) groups excluding carboxylic acids is 6. The summed E-state index contributed by atoms with van der Waals surface area (Å²) in [5.41, 5.74) is 3.51. The molecule has 2 aromatic rings. The maximum Gasteiger partial charge on any atom is 0.373 e. The molecule has 1 amide bonds. The van der Waals surface area contributed by atoms with Crippen molar-refractivity contribution in [2.24, 2.45) is 0 Å². The highest BCUT2D eigenvalue weighted by atomic mass is 79.9. The van der Waals surface area contributed by atoms with E-state index in [2.05, 4.69) is 31.9 Å². The van der Waals surface area contributed by atoms with Gasteiger partial charge in [-0.25, -0.2) is 5.06 Å². The standard InChI is InChI=1S/C10H12BrNO2.C9H9BrO.2CO2/c1-7-4-8(6-9(11)5-7)10(13)12(2)14-3;1-6-3-8(7(2)11)5-9(10)4-6;2*2-1-3/h4-6H,1-3H3;3-5H,1-2H3;;. The van der Waals surface area contributed by atoms with Gasteiger partial charge in [0.1, 0.15) is 0 Å². The highest BCUT2D eigenvalue weighted by Crippen LogP contribution is 2.16. The summed E-state index contributed by atoms with van der Waals surface area (Å²) in [6.45, 7) is 5.48. The zero-order chi connectivity index (χ0) is 24.6. The van der Waals surface area contributed by atoms with Crippen LogP contribution in [-0.4, -0.2) is 43.2 Å². The van der Waals surface area contributed by atoms with Crippen LogP contribution in [0.25, 0.3) is 0 Å². The molecular formula is C21H21Br2NO7. The Labute approximate surface area is 196 Å². The molecule has 0 fully saturated rings. The van der Waals surface area contributed by atoms with Crippen LogP contribution in [0.2, 0.25) is 0 Å². The molecule has 0 atom stereocenters. The molecule has 0 heterocycles. The lowest BCUT2D eigenvalue weighted by molar-refractivity contribution is -0.193. The molecule has 0 N–H and O–H groups in total. The van der Waals surface area contributed by atoms with Crippen LogP contribution in [-0.2, 0) is 24.0 Å². The number of ketones is 1. The summed E-state index contributed by atoms with van der Waals surface area (Å²) in [6.07, 6.45) is 0.500. The lowest BCUT2D eigenvalue weighted by Gasteiger charge is -2.13. The van der Waals surface area contributed by atoms with E-state index >= 15 is 0 Å². The number of benzene rings is 2. The molecule has 2 aromatic carbocycles. The summed E-state index contributed by atoms with van der Waals surface area (Å²) < 4.78 is 1.85. The molecule has 0 aliphatic carbocycles. The van der Waals surface area contributed by atoms with Gasteiger partial charge in [0.15, 0.2) is 5.78 Å². The van der Waals surface area contributed by atoms with E-state index in [1.54, 1.807) is 20.0 Å². The first-order chi connectivity index (χ1) is 14.5. The number of hydroxylamine groups is 2. The lowest BCUT2D eigenvalue weighted by atomic mass is 10.1. The van der Waals surface area contributed by atoms with Crippen LogP contribution in [0.5, 0.6) is 0 Å². The smallest absolute Gasteiger partial charge is 0.295 e. The van der Waals surface area contributed by atoms with Gasteiger partial charge in [-0.1, -0.05) is 31.9 Å². The minimum Gasteiger partial charge on any atom is -0.295 e. The fourth-order valence-electron chi connectivity index (χ4n) is 2.06. The van der Waals surface area contributed by atoms with Crippen molar-refractivity contribution in [3.05, 3.63) is 67.6 Å². The molecule has 2 rings (SSSR count).